The number of ether oxygens (including phenoxy) is 2. The van der Waals surface area contributed by atoms with E-state index < -0.39 is 0 Å². The summed E-state index contributed by atoms with van der Waals surface area (Å²) in [6, 6.07) is 9.37. The molecule has 0 amide bonds. The van der Waals surface area contributed by atoms with Gasteiger partial charge in [-0.15, -0.1) is 11.3 Å². The lowest BCUT2D eigenvalue weighted by Gasteiger charge is -2.14. The molecule has 0 radical (unpaired) electrons. The second kappa shape index (κ2) is 9.40. The van der Waals surface area contributed by atoms with Gasteiger partial charge in [-0.05, 0) is 48.6 Å². The van der Waals surface area contributed by atoms with Crippen molar-refractivity contribution < 1.29 is 14.0 Å². The minimum atomic E-state index is 0.145. The van der Waals surface area contributed by atoms with Gasteiger partial charge >= 0.3 is 0 Å². The molecular weight excluding hydrogens is 398 g/mol. The summed E-state index contributed by atoms with van der Waals surface area (Å²) < 4.78 is 16.6. The Morgan fingerprint density at radius 1 is 1.36 bits per heavy atom. The fourth-order valence-corrected chi connectivity index (χ4v) is 3.35. The molecule has 0 N–H and O–H groups in total. The predicted molar refractivity (Wildman–Crippen MR) is 110 cm³/mol. The van der Waals surface area contributed by atoms with Crippen LogP contribution in [0.5, 0.6) is 11.5 Å². The highest BCUT2D eigenvalue weighted by Gasteiger charge is 2.16. The van der Waals surface area contributed by atoms with Crippen LogP contribution in [0.25, 0.3) is 22.4 Å². The minimum absolute atomic E-state index is 0.145. The molecule has 3 aromatic rings. The molecule has 2 aromatic heterocycles. The third-order valence-electron chi connectivity index (χ3n) is 3.61. The molecule has 2 heterocycles. The van der Waals surface area contributed by atoms with Crippen molar-refractivity contribution in [2.45, 2.75) is 20.3 Å². The van der Waals surface area contributed by atoms with E-state index in [2.05, 4.69) is 16.2 Å². The summed E-state index contributed by atoms with van der Waals surface area (Å²) in [6.45, 7) is 4.89. The number of allylic oxidation sites excluding steroid dienone is 1. The van der Waals surface area contributed by atoms with E-state index in [1.54, 1.807) is 18.2 Å². The van der Waals surface area contributed by atoms with Crippen LogP contribution in [0, 0.1) is 11.3 Å². The summed E-state index contributed by atoms with van der Waals surface area (Å²) in [6.07, 6.45) is 2.48. The average Bonchev–Trinajstić information content (AvgIpc) is 3.37. The minimum Gasteiger partial charge on any atom is -0.490 e. The Morgan fingerprint density at radius 2 is 2.21 bits per heavy atom. The molecule has 6 nitrogen and oxygen atoms in total. The Kier molecular flexibility index (Phi) is 6.69. The van der Waals surface area contributed by atoms with E-state index in [1.807, 2.05) is 31.4 Å². The molecule has 0 saturated carbocycles. The molecule has 0 aliphatic rings. The number of hydrogen-bond acceptors (Lipinski definition) is 7. The van der Waals surface area contributed by atoms with Crippen molar-refractivity contribution in [2.75, 3.05) is 13.2 Å². The highest BCUT2D eigenvalue weighted by atomic mass is 35.5. The van der Waals surface area contributed by atoms with Crippen molar-refractivity contribution >= 4 is 34.6 Å². The molecule has 0 saturated heterocycles. The van der Waals surface area contributed by atoms with E-state index in [9.17, 15) is 5.26 Å². The van der Waals surface area contributed by atoms with E-state index in [-0.39, 0.29) is 11.5 Å². The van der Waals surface area contributed by atoms with Crippen molar-refractivity contribution in [3.63, 3.8) is 0 Å². The zero-order valence-electron chi connectivity index (χ0n) is 15.4. The van der Waals surface area contributed by atoms with Crippen LogP contribution in [0.3, 0.4) is 0 Å². The largest absolute Gasteiger partial charge is 0.490 e. The molecule has 0 unspecified atom stereocenters. The van der Waals surface area contributed by atoms with Gasteiger partial charge in [-0.3, -0.25) is 0 Å². The van der Waals surface area contributed by atoms with Crippen LogP contribution in [0.1, 0.15) is 31.7 Å². The summed E-state index contributed by atoms with van der Waals surface area (Å²) in [7, 11) is 0. The Bertz CT molecular complexity index is 1010. The molecular formula is C20H18ClN3O3S. The van der Waals surface area contributed by atoms with Crippen molar-refractivity contribution in [3.05, 3.63) is 46.1 Å². The van der Waals surface area contributed by atoms with Crippen LogP contribution in [-0.4, -0.2) is 23.4 Å². The first-order valence-electron chi connectivity index (χ1n) is 8.75. The summed E-state index contributed by atoms with van der Waals surface area (Å²) in [5.41, 5.74) is 0.903. The van der Waals surface area contributed by atoms with Gasteiger partial charge in [-0.1, -0.05) is 29.7 Å². The summed E-state index contributed by atoms with van der Waals surface area (Å²) >= 11 is 7.88. The molecule has 0 aliphatic heterocycles. The van der Waals surface area contributed by atoms with E-state index in [0.29, 0.717) is 41.1 Å². The molecule has 3 rings (SSSR count). The lowest BCUT2D eigenvalue weighted by Crippen LogP contribution is -2.01. The number of nitrogens with zero attached hydrogens (tertiary/aromatic N) is 3. The third-order valence-corrected chi connectivity index (χ3v) is 4.76. The lowest BCUT2D eigenvalue weighted by molar-refractivity contribution is 0.277. The highest BCUT2D eigenvalue weighted by molar-refractivity contribution is 7.13. The van der Waals surface area contributed by atoms with Crippen molar-refractivity contribution in [2.24, 2.45) is 0 Å². The highest BCUT2D eigenvalue weighted by Crippen LogP contribution is 2.38. The number of aromatic nitrogens is 2. The molecule has 144 valence electrons. The van der Waals surface area contributed by atoms with Gasteiger partial charge in [0.25, 0.3) is 5.89 Å². The number of rotatable bonds is 8. The third kappa shape index (κ3) is 4.53. The molecule has 0 bridgehead atoms. The number of nitriles is 1. The van der Waals surface area contributed by atoms with Gasteiger partial charge < -0.3 is 14.0 Å². The van der Waals surface area contributed by atoms with Crippen LogP contribution in [-0.2, 0) is 0 Å². The maximum absolute atomic E-state index is 9.56. The van der Waals surface area contributed by atoms with Gasteiger partial charge in [0.15, 0.2) is 11.5 Å². The Balaban J connectivity index is 1.95. The first-order chi connectivity index (χ1) is 13.7. The molecule has 0 fully saturated rings. The van der Waals surface area contributed by atoms with Crippen LogP contribution < -0.4 is 9.47 Å². The van der Waals surface area contributed by atoms with Crippen molar-refractivity contribution in [1.82, 2.24) is 10.1 Å². The SMILES string of the molecule is CCCOc1c(Cl)cc(/C=C(\C#N)c2nc(-c3cccs3)no2)cc1OCC. The van der Waals surface area contributed by atoms with E-state index in [4.69, 9.17) is 25.6 Å². The topological polar surface area (TPSA) is 81.2 Å². The first kappa shape index (κ1) is 19.9. The van der Waals surface area contributed by atoms with E-state index >= 15 is 0 Å². The van der Waals surface area contributed by atoms with Gasteiger partial charge in [0, 0.05) is 0 Å². The maximum atomic E-state index is 9.56. The van der Waals surface area contributed by atoms with Crippen molar-refractivity contribution in [1.29, 1.82) is 5.26 Å². The quantitative estimate of drug-likeness (QED) is 0.438. The smallest absolute Gasteiger partial charge is 0.268 e. The fraction of sp³-hybridized carbons (Fsp3) is 0.250. The standard InChI is InChI=1S/C20H18ClN3O3S/c1-3-7-26-18-15(21)10-13(11-16(18)25-4-2)9-14(12-22)20-23-19(24-27-20)17-6-5-8-28-17/h5-6,8-11H,3-4,7H2,1-2H3/b14-9+. The zero-order chi connectivity index (χ0) is 19.9. The predicted octanol–water partition coefficient (Wildman–Crippen LogP) is 5.70. The second-order valence-electron chi connectivity index (χ2n) is 5.68. The number of hydrogen-bond donors (Lipinski definition) is 0. The number of halogens is 1. The van der Waals surface area contributed by atoms with Crippen LogP contribution in [0.2, 0.25) is 5.02 Å². The van der Waals surface area contributed by atoms with E-state index in [1.165, 1.54) is 11.3 Å². The Hall–Kier alpha value is -2.82. The fourth-order valence-electron chi connectivity index (χ4n) is 2.43. The van der Waals surface area contributed by atoms with Gasteiger partial charge in [0.1, 0.15) is 11.6 Å². The normalized spacial score (nSPS) is 11.3. The molecule has 0 spiro atoms. The van der Waals surface area contributed by atoms with Gasteiger partial charge in [0.05, 0.1) is 23.1 Å². The average molecular weight is 416 g/mol. The van der Waals surface area contributed by atoms with Crippen LogP contribution in [0.4, 0.5) is 0 Å². The van der Waals surface area contributed by atoms with Gasteiger partial charge in [0.2, 0.25) is 5.82 Å². The number of thiophene rings is 1. The molecule has 8 heteroatoms. The number of benzene rings is 1. The van der Waals surface area contributed by atoms with Crippen molar-refractivity contribution in [3.8, 4) is 28.3 Å². The first-order valence-corrected chi connectivity index (χ1v) is 10.0. The van der Waals surface area contributed by atoms with Crippen LogP contribution in [0.15, 0.2) is 34.2 Å². The summed E-state index contributed by atoms with van der Waals surface area (Å²) in [5.74, 6) is 1.62. The molecule has 1 aromatic carbocycles. The second-order valence-corrected chi connectivity index (χ2v) is 7.04. The zero-order valence-corrected chi connectivity index (χ0v) is 17.0. The summed E-state index contributed by atoms with van der Waals surface area (Å²) in [5, 5.41) is 15.8. The molecule has 0 aliphatic carbocycles. The monoisotopic (exact) mass is 415 g/mol. The van der Waals surface area contributed by atoms with Gasteiger partial charge in [-0.25, -0.2) is 0 Å². The maximum Gasteiger partial charge on any atom is 0.268 e. The van der Waals surface area contributed by atoms with Gasteiger partial charge in [-0.2, -0.15) is 10.2 Å². The summed E-state index contributed by atoms with van der Waals surface area (Å²) in [4.78, 5) is 5.18. The van der Waals surface area contributed by atoms with E-state index in [0.717, 1.165) is 11.3 Å². The Morgan fingerprint density at radius 3 is 2.89 bits per heavy atom. The molecule has 0 atom stereocenters. The van der Waals surface area contributed by atoms with Crippen LogP contribution >= 0.6 is 22.9 Å². The molecule has 28 heavy (non-hydrogen) atoms. The lowest BCUT2D eigenvalue weighted by atomic mass is 10.1. The Labute approximate surface area is 172 Å².